The fourth-order valence-electron chi connectivity index (χ4n) is 2.63. The van der Waals surface area contributed by atoms with E-state index in [0.29, 0.717) is 6.42 Å². The maximum absolute atomic E-state index is 10.4. The van der Waals surface area contributed by atoms with Crippen molar-refractivity contribution < 1.29 is 4.79 Å². The molecule has 0 N–H and O–H groups in total. The number of carbonyl (C=O) groups excluding carboxylic acids is 1. The summed E-state index contributed by atoms with van der Waals surface area (Å²) in [6.45, 7) is 0. The zero-order valence-corrected chi connectivity index (χ0v) is 10.8. The van der Waals surface area contributed by atoms with Crippen LogP contribution in [0, 0.1) is 0 Å². The van der Waals surface area contributed by atoms with Gasteiger partial charge in [-0.15, -0.1) is 0 Å². The van der Waals surface area contributed by atoms with E-state index in [2.05, 4.69) is 54.6 Å². The normalized spacial score (nSPS) is 10.9. The molecule has 0 saturated carbocycles. The van der Waals surface area contributed by atoms with Gasteiger partial charge in [0.05, 0.1) is 0 Å². The third-order valence-electron chi connectivity index (χ3n) is 3.61. The van der Waals surface area contributed by atoms with Gasteiger partial charge in [-0.1, -0.05) is 42.5 Å². The highest BCUT2D eigenvalue weighted by atomic mass is 16.1. The standard InChI is InChI=1S/C18H16O/c19-11-4-3-6-14-9-5-10-17-12-15-7-1-2-8-16(15)13-18(14)17/h1-2,5,7-13H,3-4,6H2. The molecule has 0 aliphatic carbocycles. The van der Waals surface area contributed by atoms with Crippen molar-refractivity contribution in [1.29, 1.82) is 0 Å². The summed E-state index contributed by atoms with van der Waals surface area (Å²) in [4.78, 5) is 10.4. The molecular formula is C18H16O. The van der Waals surface area contributed by atoms with E-state index in [-0.39, 0.29) is 0 Å². The first-order chi connectivity index (χ1) is 9.38. The monoisotopic (exact) mass is 248 g/mol. The molecule has 0 atom stereocenters. The summed E-state index contributed by atoms with van der Waals surface area (Å²) in [7, 11) is 0. The molecule has 0 fully saturated rings. The Kier molecular flexibility index (Phi) is 3.28. The third kappa shape index (κ3) is 2.37. The van der Waals surface area contributed by atoms with E-state index in [1.54, 1.807) is 0 Å². The van der Waals surface area contributed by atoms with E-state index in [1.165, 1.54) is 27.1 Å². The van der Waals surface area contributed by atoms with Crippen LogP contribution in [0.25, 0.3) is 21.5 Å². The summed E-state index contributed by atoms with van der Waals surface area (Å²) in [6.07, 6.45) is 3.54. The van der Waals surface area contributed by atoms with E-state index in [4.69, 9.17) is 0 Å². The number of carbonyl (C=O) groups is 1. The van der Waals surface area contributed by atoms with Gasteiger partial charge in [0.2, 0.25) is 0 Å². The van der Waals surface area contributed by atoms with Gasteiger partial charge in [-0.3, -0.25) is 0 Å². The molecule has 1 heteroatoms. The van der Waals surface area contributed by atoms with Gasteiger partial charge >= 0.3 is 0 Å². The van der Waals surface area contributed by atoms with Gasteiger partial charge in [0.15, 0.2) is 0 Å². The first-order valence-electron chi connectivity index (χ1n) is 6.72. The number of aldehydes is 1. The van der Waals surface area contributed by atoms with Crippen molar-refractivity contribution in [1.82, 2.24) is 0 Å². The van der Waals surface area contributed by atoms with Gasteiger partial charge in [-0.05, 0) is 52.1 Å². The zero-order chi connectivity index (χ0) is 13.1. The van der Waals surface area contributed by atoms with Crippen molar-refractivity contribution >= 4 is 27.8 Å². The van der Waals surface area contributed by atoms with Crippen molar-refractivity contribution in [3.05, 3.63) is 60.2 Å². The third-order valence-corrected chi connectivity index (χ3v) is 3.61. The fourth-order valence-corrected chi connectivity index (χ4v) is 2.63. The van der Waals surface area contributed by atoms with E-state index >= 15 is 0 Å². The molecule has 0 amide bonds. The van der Waals surface area contributed by atoms with Crippen LogP contribution in [0.1, 0.15) is 18.4 Å². The summed E-state index contributed by atoms with van der Waals surface area (Å²) in [5.41, 5.74) is 1.34. The zero-order valence-electron chi connectivity index (χ0n) is 10.8. The van der Waals surface area contributed by atoms with Gasteiger partial charge in [0, 0.05) is 6.42 Å². The molecule has 0 spiro atoms. The van der Waals surface area contributed by atoms with Crippen LogP contribution in [0.15, 0.2) is 54.6 Å². The van der Waals surface area contributed by atoms with E-state index in [9.17, 15) is 4.79 Å². The molecule has 0 heterocycles. The highest BCUT2D eigenvalue weighted by Crippen LogP contribution is 2.26. The Morgan fingerprint density at radius 3 is 2.37 bits per heavy atom. The van der Waals surface area contributed by atoms with Crippen LogP contribution < -0.4 is 0 Å². The quantitative estimate of drug-likeness (QED) is 0.377. The minimum absolute atomic E-state index is 0.643. The first kappa shape index (κ1) is 11.9. The van der Waals surface area contributed by atoms with Gasteiger partial charge in [-0.2, -0.15) is 0 Å². The SMILES string of the molecule is O=CCCCc1cccc2cc3ccccc3cc12. The molecule has 3 aromatic rings. The molecule has 0 aliphatic rings. The lowest BCUT2D eigenvalue weighted by molar-refractivity contribution is -0.107. The van der Waals surface area contributed by atoms with Crippen molar-refractivity contribution in [3.8, 4) is 0 Å². The molecule has 0 bridgehead atoms. The van der Waals surface area contributed by atoms with Gasteiger partial charge < -0.3 is 4.79 Å². The Bertz CT molecular complexity index is 728. The van der Waals surface area contributed by atoms with Gasteiger partial charge in [0.25, 0.3) is 0 Å². The summed E-state index contributed by atoms with van der Waals surface area (Å²) in [5, 5.41) is 5.15. The lowest BCUT2D eigenvalue weighted by atomic mass is 9.97. The second-order valence-corrected chi connectivity index (χ2v) is 4.90. The second-order valence-electron chi connectivity index (χ2n) is 4.90. The van der Waals surface area contributed by atoms with Crippen molar-refractivity contribution in [2.75, 3.05) is 0 Å². The van der Waals surface area contributed by atoms with Crippen LogP contribution in [-0.4, -0.2) is 6.29 Å². The number of hydrogen-bond donors (Lipinski definition) is 0. The largest absolute Gasteiger partial charge is 0.303 e. The van der Waals surface area contributed by atoms with Crippen molar-refractivity contribution in [2.45, 2.75) is 19.3 Å². The minimum Gasteiger partial charge on any atom is -0.303 e. The summed E-state index contributed by atoms with van der Waals surface area (Å²) < 4.78 is 0. The highest BCUT2D eigenvalue weighted by Gasteiger charge is 2.02. The summed E-state index contributed by atoms with van der Waals surface area (Å²) in [5.74, 6) is 0. The smallest absolute Gasteiger partial charge is 0.120 e. The summed E-state index contributed by atoms with van der Waals surface area (Å²) in [6, 6.07) is 19.4. The number of hydrogen-bond acceptors (Lipinski definition) is 1. The predicted molar refractivity (Wildman–Crippen MR) is 80.5 cm³/mol. The number of fused-ring (bicyclic) bond motifs is 2. The van der Waals surface area contributed by atoms with Gasteiger partial charge in [0.1, 0.15) is 6.29 Å². The maximum Gasteiger partial charge on any atom is 0.120 e. The molecular weight excluding hydrogens is 232 g/mol. The second kappa shape index (κ2) is 5.23. The van der Waals surface area contributed by atoms with E-state index in [0.717, 1.165) is 19.1 Å². The van der Waals surface area contributed by atoms with Crippen LogP contribution in [0.4, 0.5) is 0 Å². The number of benzene rings is 3. The predicted octanol–water partition coefficient (Wildman–Crippen LogP) is 4.51. The molecule has 0 aromatic heterocycles. The topological polar surface area (TPSA) is 17.1 Å². The highest BCUT2D eigenvalue weighted by molar-refractivity contribution is 5.99. The molecule has 94 valence electrons. The first-order valence-corrected chi connectivity index (χ1v) is 6.72. The Balaban J connectivity index is 2.12. The van der Waals surface area contributed by atoms with Gasteiger partial charge in [-0.25, -0.2) is 0 Å². The van der Waals surface area contributed by atoms with Crippen LogP contribution in [-0.2, 0) is 11.2 Å². The molecule has 0 aliphatic heterocycles. The Labute approximate surface area is 112 Å². The van der Waals surface area contributed by atoms with Crippen LogP contribution in [0.5, 0.6) is 0 Å². The average molecular weight is 248 g/mol. The Hall–Kier alpha value is -2.15. The number of rotatable bonds is 4. The van der Waals surface area contributed by atoms with Crippen LogP contribution in [0.3, 0.4) is 0 Å². The molecule has 0 saturated heterocycles. The molecule has 1 nitrogen and oxygen atoms in total. The molecule has 0 radical (unpaired) electrons. The van der Waals surface area contributed by atoms with E-state index < -0.39 is 0 Å². The molecule has 3 aromatic carbocycles. The Morgan fingerprint density at radius 2 is 1.58 bits per heavy atom. The van der Waals surface area contributed by atoms with Crippen LogP contribution in [0.2, 0.25) is 0 Å². The molecule has 0 unspecified atom stereocenters. The lowest BCUT2D eigenvalue weighted by Gasteiger charge is -2.07. The van der Waals surface area contributed by atoms with E-state index in [1.807, 2.05) is 0 Å². The van der Waals surface area contributed by atoms with Crippen molar-refractivity contribution in [2.24, 2.45) is 0 Å². The molecule has 3 rings (SSSR count). The lowest BCUT2D eigenvalue weighted by Crippen LogP contribution is -1.89. The average Bonchev–Trinajstić information content (AvgIpc) is 2.46. The number of unbranched alkanes of at least 4 members (excludes halogenated alkanes) is 1. The summed E-state index contributed by atoms with van der Waals surface area (Å²) >= 11 is 0. The Morgan fingerprint density at radius 1 is 0.842 bits per heavy atom. The minimum atomic E-state index is 0.643. The molecule has 19 heavy (non-hydrogen) atoms. The van der Waals surface area contributed by atoms with Crippen molar-refractivity contribution in [3.63, 3.8) is 0 Å². The fraction of sp³-hybridized carbons (Fsp3) is 0.167. The number of aryl methyl sites for hydroxylation is 1. The maximum atomic E-state index is 10.4. The van der Waals surface area contributed by atoms with Crippen LogP contribution >= 0.6 is 0 Å².